The van der Waals surface area contributed by atoms with Crippen molar-refractivity contribution in [1.82, 2.24) is 0 Å². The topological polar surface area (TPSA) is 90.1 Å². The maximum Gasteiger partial charge on any atom is 0.151 e. The first-order valence-electron chi connectivity index (χ1n) is 22.6. The number of aryl methyl sites for hydroxylation is 4. The SMILES string of the molecule is Cc1cc(N2c3ccccc3Oc3ccccc32)cc(C)c1-c1ccc(/C=N/CC(C)(C)C/N=C/c2ccc(-c3c(C)cc(N4c5ccccc5Oc5ccccc54)cc3C)cc2O)c(O)c1. The third-order valence-corrected chi connectivity index (χ3v) is 12.6. The van der Waals surface area contributed by atoms with Crippen LogP contribution in [-0.2, 0) is 0 Å². The van der Waals surface area contributed by atoms with Gasteiger partial charge >= 0.3 is 0 Å². The number of aliphatic imine (C=N–C) groups is 2. The van der Waals surface area contributed by atoms with Gasteiger partial charge in [0.1, 0.15) is 11.5 Å². The van der Waals surface area contributed by atoms with Crippen LogP contribution in [-0.4, -0.2) is 35.7 Å². The summed E-state index contributed by atoms with van der Waals surface area (Å²) in [4.78, 5) is 14.0. The molecule has 0 amide bonds. The number of rotatable bonds is 10. The first-order valence-corrected chi connectivity index (χ1v) is 22.6. The van der Waals surface area contributed by atoms with Gasteiger partial charge in [-0.1, -0.05) is 74.5 Å². The Morgan fingerprint density at radius 2 is 0.761 bits per heavy atom. The van der Waals surface area contributed by atoms with Gasteiger partial charge in [-0.15, -0.1) is 0 Å². The monoisotopic (exact) mass is 880 g/mol. The molecule has 2 aliphatic heterocycles. The molecule has 10 rings (SSSR count). The zero-order valence-electron chi connectivity index (χ0n) is 38.6. The minimum absolute atomic E-state index is 0.171. The molecule has 0 unspecified atom stereocenters. The van der Waals surface area contributed by atoms with E-state index in [-0.39, 0.29) is 16.9 Å². The van der Waals surface area contributed by atoms with Gasteiger partial charge in [0.25, 0.3) is 0 Å². The lowest BCUT2D eigenvalue weighted by atomic mass is 9.93. The largest absolute Gasteiger partial charge is 0.507 e. The van der Waals surface area contributed by atoms with E-state index in [2.05, 4.69) is 99.9 Å². The molecule has 67 heavy (non-hydrogen) atoms. The summed E-state index contributed by atoms with van der Waals surface area (Å²) < 4.78 is 12.5. The molecule has 0 saturated carbocycles. The predicted octanol–water partition coefficient (Wildman–Crippen LogP) is 15.4. The van der Waals surface area contributed by atoms with Crippen LogP contribution in [0.1, 0.15) is 47.2 Å². The Bertz CT molecular complexity index is 2930. The number of phenolic OH excluding ortho intramolecular Hbond substituents is 2. The fraction of sp³-hybridized carbons (Fsp3) is 0.153. The van der Waals surface area contributed by atoms with Crippen molar-refractivity contribution in [3.05, 3.63) is 191 Å². The molecule has 332 valence electrons. The van der Waals surface area contributed by atoms with E-state index >= 15 is 0 Å². The number of nitrogens with zero attached hydrogens (tertiary/aromatic N) is 4. The lowest BCUT2D eigenvalue weighted by molar-refractivity contribution is 0.396. The highest BCUT2D eigenvalue weighted by Crippen LogP contribution is 2.52. The number of hydrogen-bond donors (Lipinski definition) is 2. The van der Waals surface area contributed by atoms with Crippen molar-refractivity contribution in [2.45, 2.75) is 41.5 Å². The smallest absolute Gasteiger partial charge is 0.151 e. The Labute approximate surface area is 392 Å². The highest BCUT2D eigenvalue weighted by Gasteiger charge is 2.28. The average molecular weight is 881 g/mol. The summed E-state index contributed by atoms with van der Waals surface area (Å²) in [5, 5.41) is 22.4. The molecule has 2 heterocycles. The molecule has 0 atom stereocenters. The molecule has 8 aromatic carbocycles. The number of hydrogen-bond acceptors (Lipinski definition) is 8. The van der Waals surface area contributed by atoms with Crippen molar-refractivity contribution in [2.75, 3.05) is 22.9 Å². The van der Waals surface area contributed by atoms with E-state index in [1.165, 1.54) is 0 Å². The molecule has 0 fully saturated rings. The molecule has 0 radical (unpaired) electrons. The Balaban J connectivity index is 0.799. The predicted molar refractivity (Wildman–Crippen MR) is 274 cm³/mol. The van der Waals surface area contributed by atoms with Crippen molar-refractivity contribution in [3.63, 3.8) is 0 Å². The summed E-state index contributed by atoms with van der Waals surface area (Å²) in [7, 11) is 0. The Morgan fingerprint density at radius 1 is 0.448 bits per heavy atom. The van der Waals surface area contributed by atoms with Crippen LogP contribution in [0.4, 0.5) is 34.1 Å². The fourth-order valence-electron chi connectivity index (χ4n) is 9.46. The fourth-order valence-corrected chi connectivity index (χ4v) is 9.46. The van der Waals surface area contributed by atoms with Crippen LogP contribution in [0.5, 0.6) is 34.5 Å². The molecule has 8 heteroatoms. The molecule has 0 spiro atoms. The normalized spacial score (nSPS) is 12.9. The van der Waals surface area contributed by atoms with Gasteiger partial charge in [0.05, 0.1) is 22.7 Å². The van der Waals surface area contributed by atoms with Gasteiger partial charge in [-0.25, -0.2) is 0 Å². The van der Waals surface area contributed by atoms with Gasteiger partial charge in [-0.3, -0.25) is 9.98 Å². The summed E-state index contributed by atoms with van der Waals surface area (Å²) >= 11 is 0. The second-order valence-electron chi connectivity index (χ2n) is 18.3. The van der Waals surface area contributed by atoms with E-state index in [9.17, 15) is 10.2 Å². The van der Waals surface area contributed by atoms with Crippen LogP contribution in [0.3, 0.4) is 0 Å². The molecule has 0 saturated heterocycles. The van der Waals surface area contributed by atoms with E-state index in [1.54, 1.807) is 12.4 Å². The van der Waals surface area contributed by atoms with E-state index in [0.29, 0.717) is 24.2 Å². The average Bonchev–Trinajstić information content (AvgIpc) is 3.30. The van der Waals surface area contributed by atoms with E-state index in [1.807, 2.05) is 109 Å². The third-order valence-electron chi connectivity index (χ3n) is 12.6. The van der Waals surface area contributed by atoms with Crippen LogP contribution in [0.15, 0.2) is 168 Å². The second-order valence-corrected chi connectivity index (χ2v) is 18.3. The number of benzene rings is 8. The quantitative estimate of drug-likeness (QED) is 0.133. The van der Waals surface area contributed by atoms with E-state index < -0.39 is 0 Å². The van der Waals surface area contributed by atoms with Gasteiger partial charge in [0.2, 0.25) is 0 Å². The highest BCUT2D eigenvalue weighted by molar-refractivity contribution is 5.91. The summed E-state index contributed by atoms with van der Waals surface area (Å²) in [5.74, 6) is 3.60. The standard InChI is InChI=1S/C59H52N4O4/c1-37-27-45(62-47-15-7-11-19-53(47)66-54-20-12-8-16-48(54)62)28-38(2)57(37)41-23-25-43(51(64)31-41)33-60-35-59(5,6)36-61-34-44-26-24-42(32-52(44)65)58-39(3)29-46(30-40(58)4)63-49-17-9-13-21-55(49)67-56-22-14-10-18-50(56)63/h7-34,64-65H,35-36H2,1-6H3/b60-33+,61-34+. The summed E-state index contributed by atoms with van der Waals surface area (Å²) in [6.07, 6.45) is 3.47. The lowest BCUT2D eigenvalue weighted by Gasteiger charge is -2.33. The van der Waals surface area contributed by atoms with Gasteiger partial charge in [0, 0.05) is 53.4 Å². The molecule has 2 aliphatic rings. The number of fused-ring (bicyclic) bond motifs is 4. The number of phenols is 2. The lowest BCUT2D eigenvalue weighted by Crippen LogP contribution is -2.19. The van der Waals surface area contributed by atoms with Crippen molar-refractivity contribution >= 4 is 46.6 Å². The Hall–Kier alpha value is -8.10. The van der Waals surface area contributed by atoms with Crippen LogP contribution in [0.25, 0.3) is 22.3 Å². The van der Waals surface area contributed by atoms with Gasteiger partial charge in [-0.05, 0) is 169 Å². The molecular formula is C59H52N4O4. The van der Waals surface area contributed by atoms with E-state index in [0.717, 1.165) is 102 Å². The molecular weight excluding hydrogens is 829 g/mol. The van der Waals surface area contributed by atoms with Crippen molar-refractivity contribution in [2.24, 2.45) is 15.4 Å². The van der Waals surface area contributed by atoms with Crippen molar-refractivity contribution in [1.29, 1.82) is 0 Å². The summed E-state index contributed by atoms with van der Waals surface area (Å²) in [6, 6.07) is 52.7. The minimum Gasteiger partial charge on any atom is -0.507 e. The number of para-hydroxylation sites is 8. The zero-order chi connectivity index (χ0) is 46.4. The molecule has 0 aliphatic carbocycles. The molecule has 8 nitrogen and oxygen atoms in total. The Kier molecular flexibility index (Phi) is 11.1. The number of anilines is 6. The maximum atomic E-state index is 11.2. The summed E-state index contributed by atoms with van der Waals surface area (Å²) in [5.41, 5.74) is 15.5. The van der Waals surface area contributed by atoms with Crippen LogP contribution in [0.2, 0.25) is 0 Å². The molecule has 2 N–H and O–H groups in total. The maximum absolute atomic E-state index is 11.2. The van der Waals surface area contributed by atoms with E-state index in [4.69, 9.17) is 19.5 Å². The first kappa shape index (κ1) is 42.8. The molecule has 0 bridgehead atoms. The highest BCUT2D eigenvalue weighted by atomic mass is 16.5. The molecule has 8 aromatic rings. The van der Waals surface area contributed by atoms with Crippen LogP contribution < -0.4 is 19.3 Å². The summed E-state index contributed by atoms with van der Waals surface area (Å²) in [6.45, 7) is 13.7. The van der Waals surface area contributed by atoms with Gasteiger partial charge in [0.15, 0.2) is 23.0 Å². The van der Waals surface area contributed by atoms with Crippen molar-refractivity contribution < 1.29 is 19.7 Å². The van der Waals surface area contributed by atoms with Crippen LogP contribution in [0, 0.1) is 33.1 Å². The second kappa shape index (κ2) is 17.4. The first-order chi connectivity index (χ1) is 32.4. The zero-order valence-corrected chi connectivity index (χ0v) is 38.6. The Morgan fingerprint density at radius 3 is 1.07 bits per heavy atom. The van der Waals surface area contributed by atoms with Gasteiger partial charge in [-0.2, -0.15) is 0 Å². The molecule has 0 aromatic heterocycles. The van der Waals surface area contributed by atoms with Crippen molar-refractivity contribution in [3.8, 4) is 56.8 Å². The van der Waals surface area contributed by atoms with Gasteiger partial charge < -0.3 is 29.5 Å². The van der Waals surface area contributed by atoms with Crippen LogP contribution >= 0.6 is 0 Å². The third kappa shape index (κ3) is 8.27. The minimum atomic E-state index is -0.271. The number of aromatic hydroxyl groups is 2. The number of ether oxygens (including phenoxy) is 2.